The van der Waals surface area contributed by atoms with Gasteiger partial charge >= 0.3 is 5.97 Å². The lowest BCUT2D eigenvalue weighted by Gasteiger charge is -2.02. The predicted molar refractivity (Wildman–Crippen MR) is 56.4 cm³/mol. The molecule has 0 saturated carbocycles. The highest BCUT2D eigenvalue weighted by Gasteiger charge is 2.11. The van der Waals surface area contributed by atoms with Gasteiger partial charge in [0.2, 0.25) is 0 Å². The third kappa shape index (κ3) is 2.73. The van der Waals surface area contributed by atoms with Crippen LogP contribution in [-0.2, 0) is 0 Å². The van der Waals surface area contributed by atoms with Gasteiger partial charge in [-0.15, -0.1) is 0 Å². The first-order valence-electron chi connectivity index (χ1n) is 4.38. The van der Waals surface area contributed by atoms with E-state index in [2.05, 4.69) is 11.8 Å². The van der Waals surface area contributed by atoms with Crippen LogP contribution in [0.4, 0.5) is 5.69 Å². The number of benzene rings is 1. The predicted octanol–water partition coefficient (Wildman–Crippen LogP) is 0.701. The van der Waals surface area contributed by atoms with Crippen LogP contribution < -0.4 is 5.73 Å². The van der Waals surface area contributed by atoms with Crippen molar-refractivity contribution in [3.63, 3.8) is 0 Å². The summed E-state index contributed by atoms with van der Waals surface area (Å²) in [6, 6.07) is 4.75. The van der Waals surface area contributed by atoms with Gasteiger partial charge < -0.3 is 15.9 Å². The fourth-order valence-electron chi connectivity index (χ4n) is 1.13. The van der Waals surface area contributed by atoms with Crippen molar-refractivity contribution in [2.45, 2.75) is 6.42 Å². The van der Waals surface area contributed by atoms with Crippen LogP contribution >= 0.6 is 0 Å². The zero-order valence-electron chi connectivity index (χ0n) is 8.03. The standard InChI is InChI=1S/C11H11NO3/c12-9-6-3-5-8(4-1-2-7-13)10(9)11(14)15/h3,5-6,13H,2,7,12H2,(H,14,15). The molecule has 0 heterocycles. The first-order valence-corrected chi connectivity index (χ1v) is 4.38. The molecule has 0 aliphatic heterocycles. The number of nitrogen functional groups attached to an aromatic ring is 1. The van der Waals surface area contributed by atoms with E-state index in [0.29, 0.717) is 12.0 Å². The molecule has 0 saturated heterocycles. The molecule has 15 heavy (non-hydrogen) atoms. The summed E-state index contributed by atoms with van der Waals surface area (Å²) in [5.74, 6) is 4.22. The second kappa shape index (κ2) is 5.03. The Balaban J connectivity index is 3.13. The zero-order valence-corrected chi connectivity index (χ0v) is 8.03. The summed E-state index contributed by atoms with van der Waals surface area (Å²) >= 11 is 0. The lowest BCUT2D eigenvalue weighted by molar-refractivity contribution is 0.0698. The molecule has 0 radical (unpaired) electrons. The second-order valence-electron chi connectivity index (χ2n) is 2.85. The van der Waals surface area contributed by atoms with Crippen molar-refractivity contribution in [1.82, 2.24) is 0 Å². The van der Waals surface area contributed by atoms with E-state index in [4.69, 9.17) is 15.9 Å². The van der Waals surface area contributed by atoms with E-state index in [1.807, 2.05) is 0 Å². The largest absolute Gasteiger partial charge is 0.478 e. The van der Waals surface area contributed by atoms with Gasteiger partial charge in [-0.1, -0.05) is 17.9 Å². The molecule has 0 fully saturated rings. The molecule has 4 heteroatoms. The van der Waals surface area contributed by atoms with Crippen LogP contribution in [-0.4, -0.2) is 22.8 Å². The summed E-state index contributed by atoms with van der Waals surface area (Å²) in [5.41, 5.74) is 6.11. The van der Waals surface area contributed by atoms with Crippen LogP contribution in [0.25, 0.3) is 0 Å². The SMILES string of the molecule is Nc1cccc(C#CCCO)c1C(=O)O. The molecular weight excluding hydrogens is 194 g/mol. The van der Waals surface area contributed by atoms with Crippen molar-refractivity contribution in [1.29, 1.82) is 0 Å². The molecule has 1 aromatic rings. The van der Waals surface area contributed by atoms with Gasteiger partial charge in [-0.2, -0.15) is 0 Å². The topological polar surface area (TPSA) is 83.5 Å². The average molecular weight is 205 g/mol. The van der Waals surface area contributed by atoms with Gasteiger partial charge in [0, 0.05) is 17.7 Å². The minimum Gasteiger partial charge on any atom is -0.478 e. The Morgan fingerprint density at radius 3 is 2.80 bits per heavy atom. The van der Waals surface area contributed by atoms with Crippen LogP contribution in [0.3, 0.4) is 0 Å². The zero-order chi connectivity index (χ0) is 11.3. The number of carboxylic acids is 1. The number of anilines is 1. The molecule has 0 aliphatic carbocycles. The summed E-state index contributed by atoms with van der Waals surface area (Å²) in [6.45, 7) is -0.0439. The number of hydrogen-bond donors (Lipinski definition) is 3. The van der Waals surface area contributed by atoms with Gasteiger partial charge in [-0.3, -0.25) is 0 Å². The van der Waals surface area contributed by atoms with Crippen molar-refractivity contribution in [3.05, 3.63) is 29.3 Å². The number of hydrogen-bond acceptors (Lipinski definition) is 3. The lowest BCUT2D eigenvalue weighted by atomic mass is 10.1. The van der Waals surface area contributed by atoms with E-state index >= 15 is 0 Å². The summed E-state index contributed by atoms with van der Waals surface area (Å²) in [5, 5.41) is 17.4. The smallest absolute Gasteiger partial charge is 0.339 e. The minimum absolute atomic E-state index is 0.0166. The van der Waals surface area contributed by atoms with Gasteiger partial charge in [0.15, 0.2) is 0 Å². The monoisotopic (exact) mass is 205 g/mol. The second-order valence-corrected chi connectivity index (χ2v) is 2.85. The van der Waals surface area contributed by atoms with Gasteiger partial charge in [0.25, 0.3) is 0 Å². The molecule has 1 rings (SSSR count). The molecule has 0 atom stereocenters. The fraction of sp³-hybridized carbons (Fsp3) is 0.182. The molecule has 4 nitrogen and oxygen atoms in total. The normalized spacial score (nSPS) is 9.13. The molecule has 0 bridgehead atoms. The van der Waals surface area contributed by atoms with E-state index in [9.17, 15) is 4.79 Å². The van der Waals surface area contributed by atoms with E-state index in [-0.39, 0.29) is 17.9 Å². The number of aliphatic hydroxyl groups is 1. The number of aliphatic hydroxyl groups excluding tert-OH is 1. The van der Waals surface area contributed by atoms with Gasteiger partial charge in [0.05, 0.1) is 12.2 Å². The first kappa shape index (κ1) is 11.1. The number of aromatic carboxylic acids is 1. The first-order chi connectivity index (χ1) is 7.16. The summed E-state index contributed by atoms with van der Waals surface area (Å²) in [6.07, 6.45) is 0.313. The highest BCUT2D eigenvalue weighted by molar-refractivity contribution is 5.96. The van der Waals surface area contributed by atoms with E-state index in [1.54, 1.807) is 12.1 Å². The van der Waals surface area contributed by atoms with Crippen molar-refractivity contribution >= 4 is 11.7 Å². The Bertz CT molecular complexity index is 429. The van der Waals surface area contributed by atoms with Crippen LogP contribution in [0.5, 0.6) is 0 Å². The molecule has 0 aromatic heterocycles. The molecule has 1 aromatic carbocycles. The molecule has 0 spiro atoms. The maximum absolute atomic E-state index is 10.9. The number of nitrogens with two attached hydrogens (primary N) is 1. The van der Waals surface area contributed by atoms with Crippen LogP contribution in [0, 0.1) is 11.8 Å². The maximum Gasteiger partial charge on any atom is 0.339 e. The molecule has 0 aliphatic rings. The van der Waals surface area contributed by atoms with Crippen molar-refractivity contribution < 1.29 is 15.0 Å². The molecule has 78 valence electrons. The Labute approximate surface area is 87.3 Å². The van der Waals surface area contributed by atoms with Crippen LogP contribution in [0.15, 0.2) is 18.2 Å². The van der Waals surface area contributed by atoms with E-state index in [1.165, 1.54) is 6.07 Å². The number of carbonyl (C=O) groups is 1. The van der Waals surface area contributed by atoms with Crippen LogP contribution in [0.2, 0.25) is 0 Å². The maximum atomic E-state index is 10.9. The minimum atomic E-state index is -1.10. The van der Waals surface area contributed by atoms with Gasteiger partial charge in [0.1, 0.15) is 0 Å². The molecular formula is C11H11NO3. The van der Waals surface area contributed by atoms with E-state index in [0.717, 1.165) is 0 Å². The molecule has 0 amide bonds. The lowest BCUT2D eigenvalue weighted by Crippen LogP contribution is -2.05. The highest BCUT2D eigenvalue weighted by Crippen LogP contribution is 2.15. The van der Waals surface area contributed by atoms with Crippen molar-refractivity contribution in [2.75, 3.05) is 12.3 Å². The fourth-order valence-corrected chi connectivity index (χ4v) is 1.13. The highest BCUT2D eigenvalue weighted by atomic mass is 16.4. The Hall–Kier alpha value is -1.99. The molecule has 0 unspecified atom stereocenters. The van der Waals surface area contributed by atoms with E-state index < -0.39 is 5.97 Å². The van der Waals surface area contributed by atoms with Crippen molar-refractivity contribution in [2.24, 2.45) is 0 Å². The summed E-state index contributed by atoms with van der Waals surface area (Å²) in [4.78, 5) is 10.9. The van der Waals surface area contributed by atoms with Crippen molar-refractivity contribution in [3.8, 4) is 11.8 Å². The third-order valence-corrected chi connectivity index (χ3v) is 1.77. The Morgan fingerprint density at radius 1 is 1.47 bits per heavy atom. The third-order valence-electron chi connectivity index (χ3n) is 1.77. The Morgan fingerprint density at radius 2 is 2.20 bits per heavy atom. The van der Waals surface area contributed by atoms with Gasteiger partial charge in [-0.25, -0.2) is 4.79 Å². The number of carboxylic acid groups (broad SMARTS) is 1. The quantitative estimate of drug-likeness (QED) is 0.490. The number of rotatable bonds is 2. The Kier molecular flexibility index (Phi) is 3.72. The average Bonchev–Trinajstić information content (AvgIpc) is 2.17. The van der Waals surface area contributed by atoms with Crippen LogP contribution in [0.1, 0.15) is 22.3 Å². The molecule has 4 N–H and O–H groups in total. The summed E-state index contributed by atoms with van der Waals surface area (Å²) in [7, 11) is 0. The van der Waals surface area contributed by atoms with Gasteiger partial charge in [-0.05, 0) is 12.1 Å². The summed E-state index contributed by atoms with van der Waals surface area (Å²) < 4.78 is 0.